The number of nitrogens with zero attached hydrogens (tertiary/aromatic N) is 1. The molecule has 4 nitrogen and oxygen atoms in total. The molecular formula is C13H14N2O2S. The van der Waals surface area contributed by atoms with Gasteiger partial charge in [-0.15, -0.1) is 11.3 Å². The van der Waals surface area contributed by atoms with Gasteiger partial charge in [-0.2, -0.15) is 0 Å². The fourth-order valence-corrected chi connectivity index (χ4v) is 2.27. The number of amides is 1. The summed E-state index contributed by atoms with van der Waals surface area (Å²) in [5.41, 5.74) is 1.59. The number of phenolic OH excluding ortho intramolecular Hbond substituents is 1. The van der Waals surface area contributed by atoms with E-state index in [4.69, 9.17) is 0 Å². The van der Waals surface area contributed by atoms with Crippen LogP contribution >= 0.6 is 11.3 Å². The van der Waals surface area contributed by atoms with Gasteiger partial charge in [0.2, 0.25) is 5.91 Å². The average Bonchev–Trinajstić information content (AvgIpc) is 2.76. The molecule has 0 atom stereocenters. The number of aromatic nitrogens is 1. The van der Waals surface area contributed by atoms with E-state index in [1.54, 1.807) is 24.3 Å². The Morgan fingerprint density at radius 1 is 1.44 bits per heavy atom. The molecule has 0 aliphatic carbocycles. The van der Waals surface area contributed by atoms with Gasteiger partial charge in [-0.25, -0.2) is 4.98 Å². The van der Waals surface area contributed by atoms with Crippen LogP contribution in [-0.2, 0) is 17.8 Å². The largest absolute Gasteiger partial charge is 0.508 e. The van der Waals surface area contributed by atoms with Crippen LogP contribution in [0.4, 0.5) is 0 Å². The van der Waals surface area contributed by atoms with Crippen LogP contribution in [0.15, 0.2) is 29.6 Å². The molecule has 1 heterocycles. The summed E-state index contributed by atoms with van der Waals surface area (Å²) in [5, 5.41) is 15.2. The number of aromatic hydroxyl groups is 1. The van der Waals surface area contributed by atoms with E-state index in [1.165, 1.54) is 11.3 Å². The number of phenols is 1. The Morgan fingerprint density at radius 2 is 2.22 bits per heavy atom. The number of thiazole rings is 1. The highest BCUT2D eigenvalue weighted by molar-refractivity contribution is 7.09. The van der Waals surface area contributed by atoms with Crippen molar-refractivity contribution in [2.24, 2.45) is 0 Å². The lowest BCUT2D eigenvalue weighted by atomic mass is 10.1. The minimum atomic E-state index is -0.121. The van der Waals surface area contributed by atoms with Crippen LogP contribution in [0.25, 0.3) is 0 Å². The molecule has 0 fully saturated rings. The van der Waals surface area contributed by atoms with E-state index >= 15 is 0 Å². The lowest BCUT2D eigenvalue weighted by Gasteiger charge is -2.05. The third-order valence-electron chi connectivity index (χ3n) is 2.45. The molecule has 0 unspecified atom stereocenters. The molecule has 0 saturated carbocycles. The first-order chi connectivity index (χ1) is 8.65. The fraction of sp³-hybridized carbons (Fsp3) is 0.231. The maximum atomic E-state index is 11.7. The van der Waals surface area contributed by atoms with Crippen molar-refractivity contribution in [2.75, 3.05) is 0 Å². The Balaban J connectivity index is 1.88. The zero-order valence-corrected chi connectivity index (χ0v) is 10.8. The maximum Gasteiger partial charge on any atom is 0.224 e. The van der Waals surface area contributed by atoms with Crippen molar-refractivity contribution in [3.63, 3.8) is 0 Å². The average molecular weight is 262 g/mol. The zero-order chi connectivity index (χ0) is 13.0. The number of rotatable bonds is 4. The molecule has 0 aliphatic rings. The summed E-state index contributed by atoms with van der Waals surface area (Å²) in [6.45, 7) is 2.36. The summed E-state index contributed by atoms with van der Waals surface area (Å²) in [6, 6.07) is 6.84. The third kappa shape index (κ3) is 3.30. The summed E-state index contributed by atoms with van der Waals surface area (Å²) >= 11 is 1.53. The number of carbonyl (C=O) groups excluding carboxylic acids is 1. The SMILES string of the molecule is Cc1csc(CNC(=O)Cc2ccccc2O)n1. The molecule has 0 saturated heterocycles. The topological polar surface area (TPSA) is 62.2 Å². The van der Waals surface area contributed by atoms with Gasteiger partial charge in [0.1, 0.15) is 10.8 Å². The van der Waals surface area contributed by atoms with Crippen molar-refractivity contribution in [3.8, 4) is 5.75 Å². The fourth-order valence-electron chi connectivity index (χ4n) is 1.55. The summed E-state index contributed by atoms with van der Waals surface area (Å²) in [4.78, 5) is 16.0. The van der Waals surface area contributed by atoms with Crippen molar-refractivity contribution >= 4 is 17.2 Å². The number of carbonyl (C=O) groups is 1. The van der Waals surface area contributed by atoms with Crippen LogP contribution in [0.5, 0.6) is 5.75 Å². The Morgan fingerprint density at radius 3 is 2.89 bits per heavy atom. The molecule has 2 N–H and O–H groups in total. The molecule has 2 rings (SSSR count). The maximum absolute atomic E-state index is 11.7. The van der Waals surface area contributed by atoms with Crippen LogP contribution in [0, 0.1) is 6.92 Å². The van der Waals surface area contributed by atoms with Gasteiger partial charge in [0, 0.05) is 16.6 Å². The van der Waals surface area contributed by atoms with Crippen molar-refractivity contribution in [1.29, 1.82) is 0 Å². The van der Waals surface area contributed by atoms with Crippen LogP contribution in [0.3, 0.4) is 0 Å². The molecular weight excluding hydrogens is 248 g/mol. The number of benzene rings is 1. The van der Waals surface area contributed by atoms with E-state index in [2.05, 4.69) is 10.3 Å². The summed E-state index contributed by atoms with van der Waals surface area (Å²) in [6.07, 6.45) is 0.178. The Kier molecular flexibility index (Phi) is 3.94. The van der Waals surface area contributed by atoms with E-state index in [1.807, 2.05) is 12.3 Å². The molecule has 94 valence electrons. The third-order valence-corrected chi connectivity index (χ3v) is 3.41. The van der Waals surface area contributed by atoms with Crippen molar-refractivity contribution < 1.29 is 9.90 Å². The molecule has 0 radical (unpaired) electrons. The lowest BCUT2D eigenvalue weighted by Crippen LogP contribution is -2.24. The highest BCUT2D eigenvalue weighted by atomic mass is 32.1. The van der Waals surface area contributed by atoms with Crippen LogP contribution in [-0.4, -0.2) is 16.0 Å². The predicted octanol–water partition coefficient (Wildman–Crippen LogP) is 2.02. The first-order valence-corrected chi connectivity index (χ1v) is 6.47. The standard InChI is InChI=1S/C13H14N2O2S/c1-9-8-18-13(15-9)7-14-12(17)6-10-4-2-3-5-11(10)16/h2-5,8,16H,6-7H2,1H3,(H,14,17). The second-order valence-corrected chi connectivity index (χ2v) is 4.91. The number of aryl methyl sites for hydroxylation is 1. The van der Waals surface area contributed by atoms with E-state index in [0.29, 0.717) is 12.1 Å². The lowest BCUT2D eigenvalue weighted by molar-refractivity contribution is -0.120. The molecule has 0 bridgehead atoms. The van der Waals surface area contributed by atoms with Crippen LogP contribution < -0.4 is 5.32 Å². The minimum Gasteiger partial charge on any atom is -0.508 e. The molecule has 2 aromatic rings. The molecule has 1 aromatic heterocycles. The van der Waals surface area contributed by atoms with E-state index in [9.17, 15) is 9.90 Å². The normalized spacial score (nSPS) is 10.3. The molecule has 18 heavy (non-hydrogen) atoms. The van der Waals surface area contributed by atoms with Crippen LogP contribution in [0.1, 0.15) is 16.3 Å². The minimum absolute atomic E-state index is 0.121. The molecule has 0 aliphatic heterocycles. The smallest absolute Gasteiger partial charge is 0.224 e. The monoisotopic (exact) mass is 262 g/mol. The Hall–Kier alpha value is -1.88. The second-order valence-electron chi connectivity index (χ2n) is 3.96. The van der Waals surface area contributed by atoms with Gasteiger partial charge in [-0.3, -0.25) is 4.79 Å². The Labute approximate surface area is 109 Å². The highest BCUT2D eigenvalue weighted by Crippen LogP contribution is 2.16. The number of nitrogens with one attached hydrogen (secondary N) is 1. The van der Waals surface area contributed by atoms with Gasteiger partial charge < -0.3 is 10.4 Å². The molecule has 1 aromatic carbocycles. The van der Waals surface area contributed by atoms with E-state index < -0.39 is 0 Å². The summed E-state index contributed by atoms with van der Waals surface area (Å²) in [5.74, 6) is 0.0297. The van der Waals surface area contributed by atoms with Gasteiger partial charge in [0.05, 0.1) is 13.0 Å². The summed E-state index contributed by atoms with van der Waals surface area (Å²) in [7, 11) is 0. The number of hydrogen-bond donors (Lipinski definition) is 2. The van der Waals surface area contributed by atoms with Crippen molar-refractivity contribution in [2.45, 2.75) is 19.9 Å². The quantitative estimate of drug-likeness (QED) is 0.886. The Bertz CT molecular complexity index is 551. The van der Waals surface area contributed by atoms with Gasteiger partial charge >= 0.3 is 0 Å². The van der Waals surface area contributed by atoms with Gasteiger partial charge in [-0.1, -0.05) is 18.2 Å². The van der Waals surface area contributed by atoms with Crippen molar-refractivity contribution in [1.82, 2.24) is 10.3 Å². The molecule has 0 spiro atoms. The predicted molar refractivity (Wildman–Crippen MR) is 70.5 cm³/mol. The number of para-hydroxylation sites is 1. The molecule has 1 amide bonds. The second kappa shape index (κ2) is 5.64. The first-order valence-electron chi connectivity index (χ1n) is 5.60. The number of hydrogen-bond acceptors (Lipinski definition) is 4. The van der Waals surface area contributed by atoms with E-state index in [0.717, 1.165) is 10.7 Å². The van der Waals surface area contributed by atoms with Gasteiger partial charge in [0.25, 0.3) is 0 Å². The summed E-state index contributed by atoms with van der Waals surface area (Å²) < 4.78 is 0. The highest BCUT2D eigenvalue weighted by Gasteiger charge is 2.07. The van der Waals surface area contributed by atoms with Crippen molar-refractivity contribution in [3.05, 3.63) is 45.9 Å². The van der Waals surface area contributed by atoms with Gasteiger partial charge in [0.15, 0.2) is 0 Å². The zero-order valence-electron chi connectivity index (χ0n) is 10.0. The first kappa shape index (κ1) is 12.6. The van der Waals surface area contributed by atoms with Gasteiger partial charge in [-0.05, 0) is 13.0 Å². The van der Waals surface area contributed by atoms with Crippen LogP contribution in [0.2, 0.25) is 0 Å². The van der Waals surface area contributed by atoms with E-state index in [-0.39, 0.29) is 18.1 Å². The molecule has 5 heteroatoms.